The molecule has 6 nitrogen and oxygen atoms in total. The zero-order chi connectivity index (χ0) is 17.6. The van der Waals surface area contributed by atoms with Crippen LogP contribution in [0.5, 0.6) is 17.2 Å². The third-order valence-corrected chi connectivity index (χ3v) is 3.63. The van der Waals surface area contributed by atoms with E-state index in [2.05, 4.69) is 4.98 Å². The molecule has 128 valence electrons. The average Bonchev–Trinajstić information content (AvgIpc) is 2.63. The van der Waals surface area contributed by atoms with Crippen LogP contribution in [-0.4, -0.2) is 22.7 Å². The molecule has 0 saturated heterocycles. The molecule has 0 unspecified atom stereocenters. The second kappa shape index (κ2) is 7.63. The highest BCUT2D eigenvalue weighted by atomic mass is 16.5. The van der Waals surface area contributed by atoms with Gasteiger partial charge in [-0.1, -0.05) is 12.1 Å². The molecule has 0 bridgehead atoms. The van der Waals surface area contributed by atoms with Crippen molar-refractivity contribution in [1.29, 1.82) is 0 Å². The van der Waals surface area contributed by atoms with Crippen LogP contribution in [0.2, 0.25) is 0 Å². The molecule has 6 heteroatoms. The van der Waals surface area contributed by atoms with E-state index in [-0.39, 0.29) is 6.42 Å². The summed E-state index contributed by atoms with van der Waals surface area (Å²) in [6.07, 6.45) is 1.79. The van der Waals surface area contributed by atoms with Crippen molar-refractivity contribution >= 4 is 16.8 Å². The second-order valence-corrected chi connectivity index (χ2v) is 5.38. The van der Waals surface area contributed by atoms with Gasteiger partial charge in [0.15, 0.2) is 0 Å². The number of carbonyl (C=O) groups is 1. The summed E-state index contributed by atoms with van der Waals surface area (Å²) in [4.78, 5) is 15.5. The number of benzene rings is 2. The Labute approximate surface area is 145 Å². The van der Waals surface area contributed by atoms with Gasteiger partial charge >= 0.3 is 0 Å². The second-order valence-electron chi connectivity index (χ2n) is 5.38. The van der Waals surface area contributed by atoms with Crippen LogP contribution >= 0.6 is 0 Å². The molecule has 0 radical (unpaired) electrons. The zero-order valence-corrected chi connectivity index (χ0v) is 13.7. The summed E-state index contributed by atoms with van der Waals surface area (Å²) in [7, 11) is 0. The van der Waals surface area contributed by atoms with Gasteiger partial charge in [0.1, 0.15) is 17.2 Å². The number of amides is 1. The first-order valence-electron chi connectivity index (χ1n) is 7.91. The number of ether oxygens (including phenoxy) is 2. The molecule has 1 aromatic heterocycles. The van der Waals surface area contributed by atoms with E-state index in [1.54, 1.807) is 42.0 Å². The van der Waals surface area contributed by atoms with Crippen LogP contribution < -0.4 is 15.0 Å². The molecule has 2 aromatic carbocycles. The maximum atomic E-state index is 11.2. The largest absolute Gasteiger partial charge is 0.494 e. The van der Waals surface area contributed by atoms with Gasteiger partial charge in [0.25, 0.3) is 0 Å². The predicted molar refractivity (Wildman–Crippen MR) is 93.1 cm³/mol. The fourth-order valence-corrected chi connectivity index (χ4v) is 2.47. The van der Waals surface area contributed by atoms with Gasteiger partial charge in [0, 0.05) is 17.6 Å². The summed E-state index contributed by atoms with van der Waals surface area (Å²) >= 11 is 0. The number of rotatable bonds is 6. The molecule has 0 atom stereocenters. The van der Waals surface area contributed by atoms with E-state index in [1.165, 1.54) is 0 Å². The van der Waals surface area contributed by atoms with Crippen LogP contribution in [0.15, 0.2) is 54.7 Å². The van der Waals surface area contributed by atoms with Crippen molar-refractivity contribution in [2.75, 3.05) is 6.61 Å². The van der Waals surface area contributed by atoms with E-state index in [0.717, 1.165) is 22.2 Å². The molecule has 3 aromatic rings. The Morgan fingerprint density at radius 2 is 1.88 bits per heavy atom. The molecule has 3 rings (SSSR count). The van der Waals surface area contributed by atoms with E-state index >= 15 is 0 Å². The van der Waals surface area contributed by atoms with Crippen molar-refractivity contribution in [3.05, 3.63) is 60.3 Å². The van der Waals surface area contributed by atoms with Crippen molar-refractivity contribution in [3.8, 4) is 17.2 Å². The molecule has 1 amide bonds. The van der Waals surface area contributed by atoms with Crippen LogP contribution in [-0.2, 0) is 11.2 Å². The molecular formula is C19H18N2O4. The van der Waals surface area contributed by atoms with Gasteiger partial charge in [-0.05, 0) is 42.8 Å². The summed E-state index contributed by atoms with van der Waals surface area (Å²) in [5, 5.41) is 9.44. The van der Waals surface area contributed by atoms with Crippen molar-refractivity contribution in [3.63, 3.8) is 0 Å². The zero-order valence-electron chi connectivity index (χ0n) is 13.7. The van der Waals surface area contributed by atoms with Crippen LogP contribution in [0.4, 0.5) is 0 Å². The van der Waals surface area contributed by atoms with Crippen LogP contribution in [0.1, 0.15) is 12.5 Å². The first-order valence-corrected chi connectivity index (χ1v) is 7.91. The Morgan fingerprint density at radius 1 is 1.12 bits per heavy atom. The third-order valence-electron chi connectivity index (χ3n) is 3.63. The van der Waals surface area contributed by atoms with Crippen LogP contribution in [0.3, 0.4) is 0 Å². The third kappa shape index (κ3) is 4.05. The minimum atomic E-state index is -0.459. The highest BCUT2D eigenvalue weighted by molar-refractivity contribution is 5.86. The number of nitrogens with zero attached hydrogens (tertiary/aromatic N) is 1. The minimum Gasteiger partial charge on any atom is -0.494 e. The first-order chi connectivity index (χ1) is 12.2. The lowest BCUT2D eigenvalue weighted by molar-refractivity contribution is -0.128. The molecule has 0 saturated carbocycles. The van der Waals surface area contributed by atoms with Gasteiger partial charge in [0.05, 0.1) is 18.5 Å². The summed E-state index contributed by atoms with van der Waals surface area (Å²) in [6, 6.07) is 14.6. The van der Waals surface area contributed by atoms with E-state index in [9.17, 15) is 4.79 Å². The summed E-state index contributed by atoms with van der Waals surface area (Å²) in [5.41, 5.74) is 3.18. The Bertz CT molecular complexity index is 878. The standard InChI is InChI=1S/C19H18N2O4/c1-2-24-15-7-8-16-17(12-15)20-10-9-18(16)25-14-5-3-13(4-6-14)11-19(22)21-23/h3-10,12,23H,2,11H2,1H3,(H,21,22). The van der Waals surface area contributed by atoms with Crippen LogP contribution in [0.25, 0.3) is 10.9 Å². The number of aromatic nitrogens is 1. The summed E-state index contributed by atoms with van der Waals surface area (Å²) < 4.78 is 11.4. The maximum Gasteiger partial charge on any atom is 0.247 e. The topological polar surface area (TPSA) is 80.7 Å². The van der Waals surface area contributed by atoms with Gasteiger partial charge < -0.3 is 9.47 Å². The first kappa shape index (κ1) is 16.7. The highest BCUT2D eigenvalue weighted by Gasteiger charge is 2.07. The molecule has 0 aliphatic carbocycles. The lowest BCUT2D eigenvalue weighted by atomic mass is 10.1. The SMILES string of the molecule is CCOc1ccc2c(Oc3ccc(CC(=O)NO)cc3)ccnc2c1. The lowest BCUT2D eigenvalue weighted by Gasteiger charge is -2.10. The maximum absolute atomic E-state index is 11.2. The molecule has 2 N–H and O–H groups in total. The van der Waals surface area contributed by atoms with Crippen LogP contribution in [0, 0.1) is 0 Å². The number of hydrogen-bond acceptors (Lipinski definition) is 5. The fourth-order valence-electron chi connectivity index (χ4n) is 2.47. The molecule has 0 fully saturated rings. The summed E-state index contributed by atoms with van der Waals surface area (Å²) in [5.74, 6) is 1.65. The van der Waals surface area contributed by atoms with E-state index < -0.39 is 5.91 Å². The summed E-state index contributed by atoms with van der Waals surface area (Å²) in [6.45, 7) is 2.54. The Balaban J connectivity index is 1.81. The molecular weight excluding hydrogens is 320 g/mol. The van der Waals surface area contributed by atoms with Gasteiger partial charge in [-0.15, -0.1) is 0 Å². The smallest absolute Gasteiger partial charge is 0.247 e. The minimum absolute atomic E-state index is 0.106. The van der Waals surface area contributed by atoms with E-state index in [4.69, 9.17) is 14.7 Å². The number of hydrogen-bond donors (Lipinski definition) is 2. The fraction of sp³-hybridized carbons (Fsp3) is 0.158. The molecule has 0 spiro atoms. The van der Waals surface area contributed by atoms with Gasteiger partial charge in [-0.25, -0.2) is 5.48 Å². The molecule has 25 heavy (non-hydrogen) atoms. The van der Waals surface area contributed by atoms with E-state index in [0.29, 0.717) is 18.1 Å². The van der Waals surface area contributed by atoms with Gasteiger partial charge in [-0.2, -0.15) is 0 Å². The van der Waals surface area contributed by atoms with Crippen molar-refractivity contribution in [1.82, 2.24) is 10.5 Å². The Hall–Kier alpha value is -3.12. The number of nitrogens with one attached hydrogen (secondary N) is 1. The number of carbonyl (C=O) groups excluding carboxylic acids is 1. The number of fused-ring (bicyclic) bond motifs is 1. The quantitative estimate of drug-likeness (QED) is 0.531. The van der Waals surface area contributed by atoms with Gasteiger partial charge in [0.2, 0.25) is 5.91 Å². The van der Waals surface area contributed by atoms with Crippen molar-refractivity contribution < 1.29 is 19.5 Å². The highest BCUT2D eigenvalue weighted by Crippen LogP contribution is 2.30. The van der Waals surface area contributed by atoms with E-state index in [1.807, 2.05) is 25.1 Å². The predicted octanol–water partition coefficient (Wildman–Crippen LogP) is 3.47. The average molecular weight is 338 g/mol. The molecule has 1 heterocycles. The number of pyridine rings is 1. The lowest BCUT2D eigenvalue weighted by Crippen LogP contribution is -2.20. The Kier molecular flexibility index (Phi) is 5.11. The normalized spacial score (nSPS) is 10.5. The Morgan fingerprint density at radius 3 is 2.60 bits per heavy atom. The monoisotopic (exact) mass is 338 g/mol. The molecule has 0 aliphatic heterocycles. The van der Waals surface area contributed by atoms with Gasteiger partial charge in [-0.3, -0.25) is 15.0 Å². The molecule has 0 aliphatic rings. The van der Waals surface area contributed by atoms with Crippen molar-refractivity contribution in [2.45, 2.75) is 13.3 Å². The van der Waals surface area contributed by atoms with Crippen molar-refractivity contribution in [2.24, 2.45) is 0 Å². The number of hydroxylamine groups is 1.